The van der Waals surface area contributed by atoms with Crippen molar-refractivity contribution in [2.24, 2.45) is 0 Å². The molecule has 1 aliphatic heterocycles. The Morgan fingerprint density at radius 2 is 2.16 bits per heavy atom. The van der Waals surface area contributed by atoms with Gasteiger partial charge in [-0.25, -0.2) is 0 Å². The van der Waals surface area contributed by atoms with E-state index in [1.807, 2.05) is 50.2 Å². The summed E-state index contributed by atoms with van der Waals surface area (Å²) in [5, 5.41) is 3.09. The zero-order valence-electron chi connectivity index (χ0n) is 15.0. The van der Waals surface area contributed by atoms with Crippen molar-refractivity contribution in [1.82, 2.24) is 15.2 Å². The molecule has 1 aromatic heterocycles. The molecule has 0 aliphatic carbocycles. The Morgan fingerprint density at radius 1 is 1.32 bits per heavy atom. The van der Waals surface area contributed by atoms with Gasteiger partial charge in [0.25, 0.3) is 5.91 Å². The number of hydrogen-bond acceptors (Lipinski definition) is 4. The lowest BCUT2D eigenvalue weighted by atomic mass is 9.98. The van der Waals surface area contributed by atoms with Gasteiger partial charge in [0.05, 0.1) is 24.4 Å². The molecule has 1 amide bonds. The summed E-state index contributed by atoms with van der Waals surface area (Å²) in [6.45, 7) is 6.43. The summed E-state index contributed by atoms with van der Waals surface area (Å²) in [4.78, 5) is 19.4. The summed E-state index contributed by atoms with van der Waals surface area (Å²) in [6.07, 6.45) is 1.78. The first kappa shape index (κ1) is 17.6. The van der Waals surface area contributed by atoms with Crippen LogP contribution in [0.15, 0.2) is 42.6 Å². The first-order valence-electron chi connectivity index (χ1n) is 8.68. The van der Waals surface area contributed by atoms with Gasteiger partial charge in [-0.3, -0.25) is 9.78 Å². The van der Waals surface area contributed by atoms with Crippen molar-refractivity contribution in [2.75, 3.05) is 26.7 Å². The second-order valence-electron chi connectivity index (χ2n) is 6.63. The Bertz CT molecular complexity index is 733. The van der Waals surface area contributed by atoms with Gasteiger partial charge in [-0.15, -0.1) is 0 Å². The van der Waals surface area contributed by atoms with E-state index in [0.717, 1.165) is 29.9 Å². The van der Waals surface area contributed by atoms with Crippen LogP contribution in [0.3, 0.4) is 0 Å². The van der Waals surface area contributed by atoms with Crippen molar-refractivity contribution in [3.05, 3.63) is 53.7 Å². The van der Waals surface area contributed by atoms with Gasteiger partial charge >= 0.3 is 0 Å². The van der Waals surface area contributed by atoms with Crippen LogP contribution < -0.4 is 5.32 Å². The van der Waals surface area contributed by atoms with Crippen LogP contribution in [0.5, 0.6) is 0 Å². The number of hydrogen-bond donors (Lipinski definition) is 1. The molecule has 1 fully saturated rings. The minimum Gasteiger partial charge on any atom is -0.373 e. The van der Waals surface area contributed by atoms with Gasteiger partial charge in [-0.2, -0.15) is 0 Å². The molecule has 132 valence electrons. The van der Waals surface area contributed by atoms with Crippen LogP contribution in [0.25, 0.3) is 11.3 Å². The number of amides is 1. The van der Waals surface area contributed by atoms with Crippen LogP contribution in [-0.4, -0.2) is 54.7 Å². The number of benzene rings is 1. The molecular weight excluding hydrogens is 314 g/mol. The topological polar surface area (TPSA) is 54.5 Å². The van der Waals surface area contributed by atoms with Crippen molar-refractivity contribution in [3.63, 3.8) is 0 Å². The lowest BCUT2D eigenvalue weighted by Crippen LogP contribution is -2.51. The second kappa shape index (κ2) is 7.76. The van der Waals surface area contributed by atoms with Gasteiger partial charge in [-0.05, 0) is 44.7 Å². The first-order chi connectivity index (χ1) is 12.1. The van der Waals surface area contributed by atoms with Crippen LogP contribution in [0.4, 0.5) is 0 Å². The Balaban J connectivity index is 1.76. The summed E-state index contributed by atoms with van der Waals surface area (Å²) < 4.78 is 5.80. The molecule has 0 unspecified atom stereocenters. The van der Waals surface area contributed by atoms with E-state index >= 15 is 0 Å². The lowest BCUT2D eigenvalue weighted by molar-refractivity contribution is -0.0342. The number of likely N-dealkylation sites (N-methyl/N-ethyl adjacent to an activating group) is 1. The van der Waals surface area contributed by atoms with Crippen molar-refractivity contribution in [1.29, 1.82) is 0 Å². The highest BCUT2D eigenvalue weighted by Gasteiger charge is 2.25. The number of carbonyl (C=O) groups excluding carboxylic acids is 1. The summed E-state index contributed by atoms with van der Waals surface area (Å²) in [5.74, 6) is -0.0698. The van der Waals surface area contributed by atoms with Crippen LogP contribution >= 0.6 is 0 Å². The van der Waals surface area contributed by atoms with Crippen LogP contribution in [-0.2, 0) is 4.74 Å². The van der Waals surface area contributed by atoms with Gasteiger partial charge in [0.1, 0.15) is 0 Å². The highest BCUT2D eigenvalue weighted by Crippen LogP contribution is 2.24. The van der Waals surface area contributed by atoms with Gasteiger partial charge in [-0.1, -0.05) is 18.2 Å². The maximum absolute atomic E-state index is 12.8. The lowest BCUT2D eigenvalue weighted by Gasteiger charge is -2.34. The summed E-state index contributed by atoms with van der Waals surface area (Å²) in [6, 6.07) is 11.5. The number of pyridine rings is 1. The fraction of sp³-hybridized carbons (Fsp3) is 0.400. The molecule has 2 atom stereocenters. The third-order valence-corrected chi connectivity index (χ3v) is 4.73. The molecule has 0 spiro atoms. The van der Waals surface area contributed by atoms with E-state index in [9.17, 15) is 4.79 Å². The normalized spacial score (nSPS) is 19.4. The molecule has 5 heteroatoms. The average Bonchev–Trinajstić information content (AvgIpc) is 2.62. The van der Waals surface area contributed by atoms with E-state index in [4.69, 9.17) is 4.74 Å². The molecule has 2 heterocycles. The standard InChI is InChI=1S/C20H25N3O2/c1-14-16(18-9-4-5-10-21-18)7-6-8-17(14)20(24)22-15(2)19-13-23(3)11-12-25-19/h4-10,15,19H,11-13H2,1-3H3,(H,22,24)/t15-,19+/m1/s1. The average molecular weight is 339 g/mol. The molecule has 1 saturated heterocycles. The molecule has 5 nitrogen and oxygen atoms in total. The highest BCUT2D eigenvalue weighted by atomic mass is 16.5. The van der Waals surface area contributed by atoms with E-state index in [1.165, 1.54) is 0 Å². The van der Waals surface area contributed by atoms with Gasteiger partial charge in [0.15, 0.2) is 0 Å². The fourth-order valence-corrected chi connectivity index (χ4v) is 3.17. The van der Waals surface area contributed by atoms with E-state index in [2.05, 4.69) is 22.2 Å². The van der Waals surface area contributed by atoms with E-state index in [0.29, 0.717) is 12.2 Å². The van der Waals surface area contributed by atoms with Crippen molar-refractivity contribution < 1.29 is 9.53 Å². The molecule has 2 aromatic rings. The van der Waals surface area contributed by atoms with E-state index < -0.39 is 0 Å². The molecule has 1 N–H and O–H groups in total. The Hall–Kier alpha value is -2.24. The van der Waals surface area contributed by atoms with Gasteiger partial charge < -0.3 is 15.0 Å². The number of morpholine rings is 1. The Labute approximate surface area is 149 Å². The van der Waals surface area contributed by atoms with E-state index in [-0.39, 0.29) is 18.1 Å². The summed E-state index contributed by atoms with van der Waals surface area (Å²) in [5.41, 5.74) is 3.47. The fourth-order valence-electron chi connectivity index (χ4n) is 3.17. The molecular formula is C20H25N3O2. The molecule has 0 bridgehead atoms. The maximum Gasteiger partial charge on any atom is 0.251 e. The predicted octanol–water partition coefficient (Wildman–Crippen LogP) is 2.51. The Morgan fingerprint density at radius 3 is 2.88 bits per heavy atom. The number of aromatic nitrogens is 1. The smallest absolute Gasteiger partial charge is 0.251 e. The monoisotopic (exact) mass is 339 g/mol. The zero-order chi connectivity index (χ0) is 17.8. The van der Waals surface area contributed by atoms with E-state index in [1.54, 1.807) is 6.20 Å². The van der Waals surface area contributed by atoms with Crippen LogP contribution in [0, 0.1) is 6.92 Å². The SMILES string of the molecule is Cc1c(C(=O)N[C@H](C)[C@@H]2CN(C)CCO2)cccc1-c1ccccn1. The van der Waals surface area contributed by atoms with Crippen molar-refractivity contribution in [3.8, 4) is 11.3 Å². The van der Waals surface area contributed by atoms with Crippen molar-refractivity contribution in [2.45, 2.75) is 26.0 Å². The number of ether oxygens (including phenoxy) is 1. The van der Waals surface area contributed by atoms with Crippen LogP contribution in [0.2, 0.25) is 0 Å². The van der Waals surface area contributed by atoms with Crippen molar-refractivity contribution >= 4 is 5.91 Å². The highest BCUT2D eigenvalue weighted by molar-refractivity contribution is 5.97. The van der Waals surface area contributed by atoms with Gasteiger partial charge in [0, 0.05) is 30.4 Å². The third-order valence-electron chi connectivity index (χ3n) is 4.73. The quantitative estimate of drug-likeness (QED) is 0.930. The Kier molecular flexibility index (Phi) is 5.46. The number of nitrogens with one attached hydrogen (secondary N) is 1. The first-order valence-corrected chi connectivity index (χ1v) is 8.68. The molecule has 0 radical (unpaired) electrons. The molecule has 3 rings (SSSR count). The number of nitrogens with zero attached hydrogens (tertiary/aromatic N) is 2. The minimum absolute atomic E-state index is 0.0157. The number of rotatable bonds is 4. The summed E-state index contributed by atoms with van der Waals surface area (Å²) >= 11 is 0. The second-order valence-corrected chi connectivity index (χ2v) is 6.63. The zero-order valence-corrected chi connectivity index (χ0v) is 15.0. The maximum atomic E-state index is 12.8. The summed E-state index contributed by atoms with van der Waals surface area (Å²) in [7, 11) is 2.07. The largest absolute Gasteiger partial charge is 0.373 e. The minimum atomic E-state index is -0.0698. The van der Waals surface area contributed by atoms with Gasteiger partial charge in [0.2, 0.25) is 0 Å². The third kappa shape index (κ3) is 4.06. The molecule has 1 aromatic carbocycles. The molecule has 0 saturated carbocycles. The molecule has 25 heavy (non-hydrogen) atoms. The molecule has 1 aliphatic rings. The predicted molar refractivity (Wildman–Crippen MR) is 98.6 cm³/mol. The van der Waals surface area contributed by atoms with Crippen LogP contribution in [0.1, 0.15) is 22.8 Å². The number of carbonyl (C=O) groups is 1.